The summed E-state index contributed by atoms with van der Waals surface area (Å²) in [5.74, 6) is 0.958. The van der Waals surface area contributed by atoms with Crippen molar-refractivity contribution in [2.24, 2.45) is 0 Å². The standard InChI is InChI=1S/C26H29F3N2O3/c27-26(28,29)18-32-13-2-14-33-22-8-6-20(7-9-22)23-10-12-30-16-25(23)34-17-19-4-5-21-3-1-11-31-24(21)15-19/h1,3-9,11,15,23,25,30H,2,10,12-14,16-18H2/t23-,25+/m1/s1. The van der Waals surface area contributed by atoms with Crippen LogP contribution in [-0.2, 0) is 16.1 Å². The van der Waals surface area contributed by atoms with E-state index in [-0.39, 0.29) is 18.6 Å². The van der Waals surface area contributed by atoms with E-state index in [9.17, 15) is 13.2 Å². The summed E-state index contributed by atoms with van der Waals surface area (Å²) in [6.45, 7) is 1.33. The van der Waals surface area contributed by atoms with E-state index in [2.05, 4.69) is 33.2 Å². The Morgan fingerprint density at radius 3 is 2.71 bits per heavy atom. The van der Waals surface area contributed by atoms with Gasteiger partial charge < -0.3 is 19.5 Å². The first-order valence-electron chi connectivity index (χ1n) is 11.5. The molecule has 2 atom stereocenters. The monoisotopic (exact) mass is 474 g/mol. The first-order valence-corrected chi connectivity index (χ1v) is 11.5. The van der Waals surface area contributed by atoms with Crippen LogP contribution >= 0.6 is 0 Å². The zero-order chi connectivity index (χ0) is 23.8. The first-order chi connectivity index (χ1) is 16.5. The number of fused-ring (bicyclic) bond motifs is 1. The minimum atomic E-state index is -4.29. The summed E-state index contributed by atoms with van der Waals surface area (Å²) in [4.78, 5) is 4.42. The fourth-order valence-electron chi connectivity index (χ4n) is 4.14. The Bertz CT molecular complexity index is 1040. The SMILES string of the molecule is FC(F)(F)COCCCOc1ccc([C@H]2CCNC[C@@H]2OCc2ccc3cccnc3c2)cc1. The van der Waals surface area contributed by atoms with Crippen molar-refractivity contribution in [3.05, 3.63) is 71.9 Å². The number of halogens is 3. The van der Waals surface area contributed by atoms with E-state index in [1.54, 1.807) is 6.20 Å². The number of benzene rings is 2. The molecule has 182 valence electrons. The topological polar surface area (TPSA) is 52.6 Å². The molecule has 0 aliphatic carbocycles. The van der Waals surface area contributed by atoms with Gasteiger partial charge in [-0.2, -0.15) is 13.2 Å². The summed E-state index contributed by atoms with van der Waals surface area (Å²) in [5.41, 5.74) is 3.25. The molecule has 0 saturated carbocycles. The molecule has 3 aromatic rings. The second-order valence-electron chi connectivity index (χ2n) is 8.42. The molecule has 0 radical (unpaired) electrons. The van der Waals surface area contributed by atoms with Gasteiger partial charge in [0.25, 0.3) is 0 Å². The second-order valence-corrected chi connectivity index (χ2v) is 8.42. The van der Waals surface area contributed by atoms with Crippen LogP contribution in [0.1, 0.15) is 29.9 Å². The van der Waals surface area contributed by atoms with Crippen molar-refractivity contribution in [1.29, 1.82) is 0 Å². The highest BCUT2D eigenvalue weighted by molar-refractivity contribution is 5.78. The number of nitrogens with one attached hydrogen (secondary N) is 1. The highest BCUT2D eigenvalue weighted by atomic mass is 19.4. The van der Waals surface area contributed by atoms with E-state index in [0.717, 1.165) is 36.0 Å². The Balaban J connectivity index is 1.27. The fraction of sp³-hybridized carbons (Fsp3) is 0.423. The third-order valence-corrected chi connectivity index (χ3v) is 5.84. The number of ether oxygens (including phenoxy) is 3. The number of hydrogen-bond acceptors (Lipinski definition) is 5. The molecule has 34 heavy (non-hydrogen) atoms. The predicted octanol–water partition coefficient (Wildman–Crippen LogP) is 5.24. The molecule has 4 rings (SSSR count). The number of pyridine rings is 1. The Labute approximate surface area is 197 Å². The summed E-state index contributed by atoms with van der Waals surface area (Å²) >= 11 is 0. The minimum absolute atomic E-state index is 0.0129. The minimum Gasteiger partial charge on any atom is -0.494 e. The molecule has 0 unspecified atom stereocenters. The Hall–Kier alpha value is -2.68. The van der Waals surface area contributed by atoms with Crippen molar-refractivity contribution in [3.63, 3.8) is 0 Å². The van der Waals surface area contributed by atoms with E-state index in [1.165, 1.54) is 5.56 Å². The maximum Gasteiger partial charge on any atom is 0.411 e. The number of nitrogens with zero attached hydrogens (tertiary/aromatic N) is 1. The van der Waals surface area contributed by atoms with Crippen LogP contribution in [0.25, 0.3) is 10.9 Å². The van der Waals surface area contributed by atoms with Crippen LogP contribution in [0.5, 0.6) is 5.75 Å². The van der Waals surface area contributed by atoms with Gasteiger partial charge in [-0.15, -0.1) is 0 Å². The molecule has 1 aromatic heterocycles. The van der Waals surface area contributed by atoms with E-state index >= 15 is 0 Å². The lowest BCUT2D eigenvalue weighted by molar-refractivity contribution is -0.174. The molecule has 0 spiro atoms. The van der Waals surface area contributed by atoms with E-state index in [0.29, 0.717) is 25.4 Å². The molecular weight excluding hydrogens is 445 g/mol. The summed E-state index contributed by atoms with van der Waals surface area (Å²) in [5, 5.41) is 4.53. The van der Waals surface area contributed by atoms with Crippen LogP contribution in [0.4, 0.5) is 13.2 Å². The number of alkyl halides is 3. The van der Waals surface area contributed by atoms with E-state index in [1.807, 2.05) is 36.4 Å². The van der Waals surface area contributed by atoms with Crippen molar-refractivity contribution in [2.45, 2.75) is 37.6 Å². The second kappa shape index (κ2) is 11.6. The molecule has 5 nitrogen and oxygen atoms in total. The Kier molecular flexibility index (Phi) is 8.37. The summed E-state index contributed by atoms with van der Waals surface area (Å²) in [6.07, 6.45) is -1.08. The van der Waals surface area contributed by atoms with Crippen molar-refractivity contribution >= 4 is 10.9 Å². The summed E-state index contributed by atoms with van der Waals surface area (Å²) in [7, 11) is 0. The van der Waals surface area contributed by atoms with Gasteiger partial charge in [0, 0.05) is 30.5 Å². The molecule has 1 fully saturated rings. The number of rotatable bonds is 10. The van der Waals surface area contributed by atoms with Gasteiger partial charge in [-0.25, -0.2) is 0 Å². The highest BCUT2D eigenvalue weighted by Gasteiger charge is 2.28. The van der Waals surface area contributed by atoms with Crippen molar-refractivity contribution in [3.8, 4) is 5.75 Å². The molecule has 1 N–H and O–H groups in total. The maximum atomic E-state index is 12.1. The van der Waals surface area contributed by atoms with Gasteiger partial charge in [0.2, 0.25) is 0 Å². The fourth-order valence-corrected chi connectivity index (χ4v) is 4.14. The van der Waals surface area contributed by atoms with Gasteiger partial charge in [-0.05, 0) is 48.4 Å². The average molecular weight is 475 g/mol. The van der Waals surface area contributed by atoms with Gasteiger partial charge in [-0.3, -0.25) is 4.98 Å². The van der Waals surface area contributed by atoms with Crippen LogP contribution in [0.15, 0.2) is 60.8 Å². The predicted molar refractivity (Wildman–Crippen MR) is 124 cm³/mol. The van der Waals surface area contributed by atoms with Crippen molar-refractivity contribution in [1.82, 2.24) is 10.3 Å². The number of aromatic nitrogens is 1. The molecule has 1 aliphatic rings. The van der Waals surface area contributed by atoms with Gasteiger partial charge in [0.05, 0.1) is 31.4 Å². The molecule has 1 saturated heterocycles. The lowest BCUT2D eigenvalue weighted by Gasteiger charge is -2.32. The molecule has 0 amide bonds. The van der Waals surface area contributed by atoms with Crippen LogP contribution in [0.2, 0.25) is 0 Å². The molecule has 8 heteroatoms. The summed E-state index contributed by atoms with van der Waals surface area (Å²) in [6, 6.07) is 18.1. The normalized spacial score (nSPS) is 18.8. The van der Waals surface area contributed by atoms with E-state index < -0.39 is 12.8 Å². The smallest absolute Gasteiger partial charge is 0.411 e. The van der Waals surface area contributed by atoms with Crippen LogP contribution in [-0.4, -0.2) is 50.2 Å². The maximum absolute atomic E-state index is 12.1. The third kappa shape index (κ3) is 7.16. The van der Waals surface area contributed by atoms with Gasteiger partial charge >= 0.3 is 6.18 Å². The lowest BCUT2D eigenvalue weighted by atomic mass is 9.87. The number of hydrogen-bond donors (Lipinski definition) is 1. The molecule has 2 aromatic carbocycles. The van der Waals surface area contributed by atoms with E-state index in [4.69, 9.17) is 9.47 Å². The van der Waals surface area contributed by atoms with Crippen molar-refractivity contribution < 1.29 is 27.4 Å². The molecule has 1 aliphatic heterocycles. The quantitative estimate of drug-likeness (QED) is 0.407. The van der Waals surface area contributed by atoms with Crippen LogP contribution < -0.4 is 10.1 Å². The van der Waals surface area contributed by atoms with Gasteiger partial charge in [0.15, 0.2) is 0 Å². The van der Waals surface area contributed by atoms with Gasteiger partial charge in [0.1, 0.15) is 12.4 Å². The van der Waals surface area contributed by atoms with Gasteiger partial charge in [-0.1, -0.05) is 30.3 Å². The zero-order valence-corrected chi connectivity index (χ0v) is 18.9. The molecule has 2 heterocycles. The van der Waals surface area contributed by atoms with Crippen LogP contribution in [0.3, 0.4) is 0 Å². The molecular formula is C26H29F3N2O3. The molecule has 0 bridgehead atoms. The summed E-state index contributed by atoms with van der Waals surface area (Å²) < 4.78 is 52.8. The number of piperidine rings is 1. The van der Waals surface area contributed by atoms with Crippen molar-refractivity contribution in [2.75, 3.05) is 32.9 Å². The third-order valence-electron chi connectivity index (χ3n) is 5.84. The lowest BCUT2D eigenvalue weighted by Crippen LogP contribution is -2.40. The Morgan fingerprint density at radius 2 is 1.88 bits per heavy atom. The Morgan fingerprint density at radius 1 is 1.03 bits per heavy atom. The first kappa shape index (κ1) is 24.4. The zero-order valence-electron chi connectivity index (χ0n) is 18.9. The highest BCUT2D eigenvalue weighted by Crippen LogP contribution is 2.30. The average Bonchev–Trinajstić information content (AvgIpc) is 2.85. The largest absolute Gasteiger partial charge is 0.494 e. The van der Waals surface area contributed by atoms with Crippen LogP contribution in [0, 0.1) is 0 Å².